The fourth-order valence-electron chi connectivity index (χ4n) is 1.38. The molecule has 102 valence electrons. The van der Waals surface area contributed by atoms with Crippen LogP contribution in [0, 0.1) is 0 Å². The SMILES string of the molecule is CCOc1ccc(Br)cc1S(=O)(=O)N[C@@H](C)CC. The van der Waals surface area contributed by atoms with E-state index in [0.717, 1.165) is 6.42 Å². The molecular weight excluding hydrogens is 318 g/mol. The number of hydrogen-bond donors (Lipinski definition) is 1. The molecule has 1 N–H and O–H groups in total. The first-order valence-corrected chi connectivity index (χ1v) is 8.13. The minimum Gasteiger partial charge on any atom is -0.492 e. The minimum absolute atomic E-state index is 0.108. The third-order valence-electron chi connectivity index (χ3n) is 2.46. The zero-order valence-corrected chi connectivity index (χ0v) is 13.1. The van der Waals surface area contributed by atoms with Crippen LogP contribution in [0.2, 0.25) is 0 Å². The number of benzene rings is 1. The van der Waals surface area contributed by atoms with E-state index < -0.39 is 10.0 Å². The van der Waals surface area contributed by atoms with Gasteiger partial charge >= 0.3 is 0 Å². The van der Waals surface area contributed by atoms with Gasteiger partial charge in [0.25, 0.3) is 0 Å². The van der Waals surface area contributed by atoms with E-state index >= 15 is 0 Å². The van der Waals surface area contributed by atoms with Gasteiger partial charge in [-0.1, -0.05) is 22.9 Å². The van der Waals surface area contributed by atoms with Crippen molar-refractivity contribution >= 4 is 26.0 Å². The average molecular weight is 336 g/mol. The Hall–Kier alpha value is -0.590. The van der Waals surface area contributed by atoms with Gasteiger partial charge in [-0.25, -0.2) is 13.1 Å². The average Bonchev–Trinajstić information content (AvgIpc) is 2.31. The summed E-state index contributed by atoms with van der Waals surface area (Å²) in [5, 5.41) is 0. The van der Waals surface area contributed by atoms with Crippen molar-refractivity contribution in [2.24, 2.45) is 0 Å². The van der Waals surface area contributed by atoms with Crippen LogP contribution in [0.1, 0.15) is 27.2 Å². The van der Waals surface area contributed by atoms with Crippen molar-refractivity contribution in [1.82, 2.24) is 4.72 Å². The fourth-order valence-corrected chi connectivity index (χ4v) is 3.39. The molecule has 1 atom stereocenters. The standard InChI is InChI=1S/C12H18BrNO3S/c1-4-9(3)14-18(15,16)12-8-10(13)6-7-11(12)17-5-2/h6-9,14H,4-5H2,1-3H3/t9-/m0/s1. The predicted molar refractivity (Wildman–Crippen MR) is 75.4 cm³/mol. The molecule has 18 heavy (non-hydrogen) atoms. The molecule has 0 fully saturated rings. The van der Waals surface area contributed by atoms with Crippen LogP contribution in [0.5, 0.6) is 5.75 Å². The van der Waals surface area contributed by atoms with E-state index in [2.05, 4.69) is 20.7 Å². The van der Waals surface area contributed by atoms with E-state index in [-0.39, 0.29) is 10.9 Å². The highest BCUT2D eigenvalue weighted by atomic mass is 79.9. The van der Waals surface area contributed by atoms with Crippen LogP contribution in [-0.2, 0) is 10.0 Å². The Morgan fingerprint density at radius 1 is 1.39 bits per heavy atom. The lowest BCUT2D eigenvalue weighted by atomic mass is 10.3. The maximum absolute atomic E-state index is 12.2. The molecule has 0 spiro atoms. The minimum atomic E-state index is -3.55. The third-order valence-corrected chi connectivity index (χ3v) is 4.57. The van der Waals surface area contributed by atoms with Gasteiger partial charge in [-0.05, 0) is 38.5 Å². The van der Waals surface area contributed by atoms with Gasteiger partial charge in [0.1, 0.15) is 10.6 Å². The lowest BCUT2D eigenvalue weighted by Crippen LogP contribution is -2.32. The maximum atomic E-state index is 12.2. The smallest absolute Gasteiger partial charge is 0.244 e. The monoisotopic (exact) mass is 335 g/mol. The summed E-state index contributed by atoms with van der Waals surface area (Å²) in [6.45, 7) is 6.00. The van der Waals surface area contributed by atoms with Crippen LogP contribution in [-0.4, -0.2) is 21.1 Å². The van der Waals surface area contributed by atoms with Crippen molar-refractivity contribution in [2.45, 2.75) is 38.1 Å². The van der Waals surface area contributed by atoms with Crippen molar-refractivity contribution in [3.63, 3.8) is 0 Å². The number of hydrogen-bond acceptors (Lipinski definition) is 3. The Morgan fingerprint density at radius 3 is 2.61 bits per heavy atom. The summed E-state index contributed by atoms with van der Waals surface area (Å²) in [7, 11) is -3.55. The molecule has 0 bridgehead atoms. The first-order valence-electron chi connectivity index (χ1n) is 5.85. The van der Waals surface area contributed by atoms with Crippen molar-refractivity contribution in [3.8, 4) is 5.75 Å². The second-order valence-electron chi connectivity index (χ2n) is 3.95. The second-order valence-corrected chi connectivity index (χ2v) is 6.55. The van der Waals surface area contributed by atoms with Crippen LogP contribution in [0.15, 0.2) is 27.6 Å². The summed E-state index contributed by atoms with van der Waals surface area (Å²) < 4.78 is 33.2. The molecule has 1 aromatic carbocycles. The number of sulfonamides is 1. The summed E-state index contributed by atoms with van der Waals surface area (Å²) in [6, 6.07) is 4.85. The van der Waals surface area contributed by atoms with Crippen molar-refractivity contribution < 1.29 is 13.2 Å². The largest absolute Gasteiger partial charge is 0.492 e. The summed E-state index contributed by atoms with van der Waals surface area (Å²) in [4.78, 5) is 0.166. The van der Waals surface area contributed by atoms with E-state index in [0.29, 0.717) is 16.8 Å². The molecule has 1 aromatic rings. The molecule has 0 heterocycles. The molecule has 0 saturated carbocycles. The third kappa shape index (κ3) is 3.96. The van der Waals surface area contributed by atoms with Crippen molar-refractivity contribution in [2.75, 3.05) is 6.61 Å². The van der Waals surface area contributed by atoms with Gasteiger partial charge in [0, 0.05) is 10.5 Å². The van der Waals surface area contributed by atoms with Gasteiger partial charge in [-0.3, -0.25) is 0 Å². The molecule has 0 radical (unpaired) electrons. The molecule has 1 rings (SSSR count). The van der Waals surface area contributed by atoms with Crippen LogP contribution in [0.25, 0.3) is 0 Å². The van der Waals surface area contributed by atoms with E-state index in [4.69, 9.17) is 4.74 Å². The van der Waals surface area contributed by atoms with Crippen LogP contribution in [0.3, 0.4) is 0 Å². The van der Waals surface area contributed by atoms with E-state index in [1.165, 1.54) is 0 Å². The van der Waals surface area contributed by atoms with Gasteiger partial charge in [0.2, 0.25) is 10.0 Å². The molecule has 0 aliphatic heterocycles. The van der Waals surface area contributed by atoms with Crippen LogP contribution >= 0.6 is 15.9 Å². The quantitative estimate of drug-likeness (QED) is 0.869. The van der Waals surface area contributed by atoms with Gasteiger partial charge in [-0.15, -0.1) is 0 Å². The number of halogens is 1. The number of ether oxygens (including phenoxy) is 1. The molecule has 0 saturated heterocycles. The van der Waals surface area contributed by atoms with Crippen LogP contribution < -0.4 is 9.46 Å². The maximum Gasteiger partial charge on any atom is 0.244 e. The summed E-state index contributed by atoms with van der Waals surface area (Å²) >= 11 is 3.28. The first-order chi connectivity index (χ1) is 8.40. The zero-order chi connectivity index (χ0) is 13.8. The Kier molecular flexibility index (Phi) is 5.62. The van der Waals surface area contributed by atoms with E-state index in [1.807, 2.05) is 20.8 Å². The van der Waals surface area contributed by atoms with E-state index in [1.54, 1.807) is 18.2 Å². The van der Waals surface area contributed by atoms with Crippen LogP contribution in [0.4, 0.5) is 0 Å². The van der Waals surface area contributed by atoms with Crippen molar-refractivity contribution in [3.05, 3.63) is 22.7 Å². The highest BCUT2D eigenvalue weighted by Gasteiger charge is 2.21. The molecule has 0 aliphatic carbocycles. The Labute approximate surface area is 117 Å². The molecule has 0 unspecified atom stereocenters. The lowest BCUT2D eigenvalue weighted by molar-refractivity contribution is 0.331. The van der Waals surface area contributed by atoms with Gasteiger partial charge in [0.05, 0.1) is 6.61 Å². The topological polar surface area (TPSA) is 55.4 Å². The van der Waals surface area contributed by atoms with Gasteiger partial charge in [0.15, 0.2) is 0 Å². The zero-order valence-electron chi connectivity index (χ0n) is 10.7. The lowest BCUT2D eigenvalue weighted by Gasteiger charge is -2.15. The highest BCUT2D eigenvalue weighted by molar-refractivity contribution is 9.10. The predicted octanol–water partition coefficient (Wildman–Crippen LogP) is 2.92. The number of nitrogens with one attached hydrogen (secondary N) is 1. The molecule has 0 amide bonds. The molecule has 6 heteroatoms. The summed E-state index contributed by atoms with van der Waals surface area (Å²) in [5.74, 6) is 0.372. The summed E-state index contributed by atoms with van der Waals surface area (Å²) in [6.07, 6.45) is 0.733. The Morgan fingerprint density at radius 2 is 2.06 bits per heavy atom. The summed E-state index contributed by atoms with van der Waals surface area (Å²) in [5.41, 5.74) is 0. The molecule has 0 aliphatic rings. The van der Waals surface area contributed by atoms with Crippen molar-refractivity contribution in [1.29, 1.82) is 0 Å². The molecular formula is C12H18BrNO3S. The Balaban J connectivity index is 3.17. The second kappa shape index (κ2) is 6.54. The van der Waals surface area contributed by atoms with Gasteiger partial charge in [-0.2, -0.15) is 0 Å². The molecule has 4 nitrogen and oxygen atoms in total. The Bertz CT molecular complexity index is 502. The normalized spacial score (nSPS) is 13.3. The number of rotatable bonds is 6. The first kappa shape index (κ1) is 15.5. The fraction of sp³-hybridized carbons (Fsp3) is 0.500. The van der Waals surface area contributed by atoms with Gasteiger partial charge < -0.3 is 4.74 Å². The highest BCUT2D eigenvalue weighted by Crippen LogP contribution is 2.27. The molecule has 0 aromatic heterocycles. The van der Waals surface area contributed by atoms with E-state index in [9.17, 15) is 8.42 Å².